The van der Waals surface area contributed by atoms with Crippen molar-refractivity contribution >= 4 is 28.8 Å². The second kappa shape index (κ2) is 5.83. The molecule has 0 spiro atoms. The molecule has 4 rings (SSSR count). The molecule has 116 valence electrons. The van der Waals surface area contributed by atoms with E-state index in [4.69, 9.17) is 16.1 Å². The van der Waals surface area contributed by atoms with Crippen LogP contribution in [0.15, 0.2) is 47.0 Å². The van der Waals surface area contributed by atoms with Crippen LogP contribution in [0.3, 0.4) is 0 Å². The predicted molar refractivity (Wildman–Crippen MR) is 89.7 cm³/mol. The van der Waals surface area contributed by atoms with E-state index in [1.807, 2.05) is 23.1 Å². The predicted octanol–water partition coefficient (Wildman–Crippen LogP) is 4.26. The first-order chi connectivity index (χ1) is 11.2. The molecule has 0 atom stereocenters. The zero-order valence-electron chi connectivity index (χ0n) is 12.2. The van der Waals surface area contributed by atoms with Crippen molar-refractivity contribution in [3.63, 3.8) is 0 Å². The molecule has 0 saturated heterocycles. The van der Waals surface area contributed by atoms with E-state index in [0.29, 0.717) is 28.9 Å². The molecule has 0 fully saturated rings. The van der Waals surface area contributed by atoms with Gasteiger partial charge in [0.25, 0.3) is 5.91 Å². The maximum atomic E-state index is 12.6. The zero-order chi connectivity index (χ0) is 15.8. The Morgan fingerprint density at radius 3 is 2.83 bits per heavy atom. The van der Waals surface area contributed by atoms with Gasteiger partial charge in [-0.1, -0.05) is 41.0 Å². The van der Waals surface area contributed by atoms with E-state index in [2.05, 4.69) is 17.3 Å². The van der Waals surface area contributed by atoms with Gasteiger partial charge >= 0.3 is 0 Å². The Morgan fingerprint density at radius 1 is 1.22 bits per heavy atom. The molecule has 0 aliphatic carbocycles. The van der Waals surface area contributed by atoms with Gasteiger partial charge in [-0.15, -0.1) is 11.3 Å². The molecule has 0 saturated carbocycles. The van der Waals surface area contributed by atoms with Crippen LogP contribution in [0.25, 0.3) is 10.6 Å². The maximum absolute atomic E-state index is 12.6. The van der Waals surface area contributed by atoms with E-state index in [-0.39, 0.29) is 5.91 Å². The standard InChI is InChI=1S/C17H13ClN2O2S/c18-16-6-5-15(23-16)14-9-13(19-22-14)17(21)20-8-7-11-3-1-2-4-12(11)10-20/h1-6,9H,7-8,10H2. The van der Waals surface area contributed by atoms with E-state index < -0.39 is 0 Å². The summed E-state index contributed by atoms with van der Waals surface area (Å²) in [4.78, 5) is 15.3. The molecule has 2 aromatic heterocycles. The number of amides is 1. The summed E-state index contributed by atoms with van der Waals surface area (Å²) in [5.41, 5.74) is 2.84. The van der Waals surface area contributed by atoms with Crippen LogP contribution in [0.1, 0.15) is 21.6 Å². The molecule has 4 nitrogen and oxygen atoms in total. The minimum atomic E-state index is -0.0999. The Bertz CT molecular complexity index is 871. The van der Waals surface area contributed by atoms with E-state index in [1.54, 1.807) is 12.1 Å². The molecule has 6 heteroatoms. The first-order valence-electron chi connectivity index (χ1n) is 7.29. The number of fused-ring (bicyclic) bond motifs is 1. The van der Waals surface area contributed by atoms with Crippen molar-refractivity contribution in [3.8, 4) is 10.6 Å². The minimum absolute atomic E-state index is 0.0999. The maximum Gasteiger partial charge on any atom is 0.276 e. The Kier molecular flexibility index (Phi) is 3.67. The highest BCUT2D eigenvalue weighted by atomic mass is 35.5. The molecule has 0 unspecified atom stereocenters. The van der Waals surface area contributed by atoms with Gasteiger partial charge in [0.2, 0.25) is 0 Å². The third-order valence-corrected chi connectivity index (χ3v) is 5.21. The fourth-order valence-corrected chi connectivity index (χ4v) is 3.76. The van der Waals surface area contributed by atoms with Gasteiger partial charge in [-0.3, -0.25) is 4.79 Å². The third-order valence-electron chi connectivity index (χ3n) is 3.96. The number of nitrogens with zero attached hydrogens (tertiary/aromatic N) is 2. The summed E-state index contributed by atoms with van der Waals surface area (Å²) in [6.07, 6.45) is 0.868. The molecule has 0 N–H and O–H groups in total. The largest absolute Gasteiger partial charge is 0.355 e. The summed E-state index contributed by atoms with van der Waals surface area (Å²) in [5, 5.41) is 3.93. The highest BCUT2D eigenvalue weighted by molar-refractivity contribution is 7.19. The molecule has 0 bridgehead atoms. The van der Waals surface area contributed by atoms with Crippen molar-refractivity contribution in [2.45, 2.75) is 13.0 Å². The lowest BCUT2D eigenvalue weighted by molar-refractivity contribution is 0.0724. The summed E-state index contributed by atoms with van der Waals surface area (Å²) in [6, 6.07) is 13.6. The second-order valence-corrected chi connectivity index (χ2v) is 7.14. The molecule has 1 amide bonds. The van der Waals surface area contributed by atoms with Gasteiger partial charge in [-0.05, 0) is 29.7 Å². The SMILES string of the molecule is O=C(c1cc(-c2ccc(Cl)s2)on1)N1CCc2ccccc2C1. The second-order valence-electron chi connectivity index (χ2n) is 5.43. The zero-order valence-corrected chi connectivity index (χ0v) is 13.7. The van der Waals surface area contributed by atoms with E-state index in [0.717, 1.165) is 11.3 Å². The lowest BCUT2D eigenvalue weighted by Gasteiger charge is -2.28. The number of hydrogen-bond donors (Lipinski definition) is 0. The number of thiophene rings is 1. The molecule has 0 radical (unpaired) electrons. The summed E-state index contributed by atoms with van der Waals surface area (Å²) in [7, 11) is 0. The van der Waals surface area contributed by atoms with Gasteiger partial charge in [0, 0.05) is 19.2 Å². The normalized spacial score (nSPS) is 13.9. The van der Waals surface area contributed by atoms with Gasteiger partial charge in [0.1, 0.15) is 0 Å². The van der Waals surface area contributed by atoms with Gasteiger partial charge in [0.15, 0.2) is 11.5 Å². The summed E-state index contributed by atoms with van der Waals surface area (Å²) in [6.45, 7) is 1.31. The van der Waals surface area contributed by atoms with Crippen molar-refractivity contribution in [1.29, 1.82) is 0 Å². The number of aromatic nitrogens is 1. The molecular formula is C17H13ClN2O2S. The average molecular weight is 345 g/mol. The fraction of sp³-hybridized carbons (Fsp3) is 0.176. The number of carbonyl (C=O) groups excluding carboxylic acids is 1. The van der Waals surface area contributed by atoms with Crippen molar-refractivity contribution in [2.24, 2.45) is 0 Å². The van der Waals surface area contributed by atoms with Crippen LogP contribution in [0.2, 0.25) is 4.34 Å². The highest BCUT2D eigenvalue weighted by Crippen LogP contribution is 2.31. The van der Waals surface area contributed by atoms with E-state index >= 15 is 0 Å². The van der Waals surface area contributed by atoms with Gasteiger partial charge in [-0.25, -0.2) is 0 Å². The third kappa shape index (κ3) is 2.78. The van der Waals surface area contributed by atoms with Gasteiger partial charge in [0.05, 0.1) is 9.21 Å². The number of halogens is 1. The smallest absolute Gasteiger partial charge is 0.276 e. The lowest BCUT2D eigenvalue weighted by atomic mass is 10.00. The molecule has 3 heterocycles. The van der Waals surface area contributed by atoms with E-state index in [9.17, 15) is 4.79 Å². The van der Waals surface area contributed by atoms with Crippen LogP contribution in [0, 0.1) is 0 Å². The molecule has 3 aromatic rings. The van der Waals surface area contributed by atoms with Crippen LogP contribution in [-0.4, -0.2) is 22.5 Å². The van der Waals surface area contributed by atoms with Crippen LogP contribution in [0.5, 0.6) is 0 Å². The fourth-order valence-electron chi connectivity index (χ4n) is 2.77. The molecule has 1 aromatic carbocycles. The van der Waals surface area contributed by atoms with Crippen LogP contribution < -0.4 is 0 Å². The molecule has 1 aliphatic rings. The van der Waals surface area contributed by atoms with Crippen molar-refractivity contribution < 1.29 is 9.32 Å². The van der Waals surface area contributed by atoms with Crippen LogP contribution >= 0.6 is 22.9 Å². The summed E-state index contributed by atoms with van der Waals surface area (Å²) >= 11 is 7.33. The molecular weight excluding hydrogens is 332 g/mol. The van der Waals surface area contributed by atoms with Crippen molar-refractivity contribution in [1.82, 2.24) is 10.1 Å². The number of rotatable bonds is 2. The molecule has 1 aliphatic heterocycles. The lowest BCUT2D eigenvalue weighted by Crippen LogP contribution is -2.36. The number of benzene rings is 1. The van der Waals surface area contributed by atoms with Gasteiger partial charge < -0.3 is 9.42 Å². The van der Waals surface area contributed by atoms with Crippen molar-refractivity contribution in [2.75, 3.05) is 6.54 Å². The Labute approximate surface area is 142 Å². The number of carbonyl (C=O) groups is 1. The van der Waals surface area contributed by atoms with Crippen LogP contribution in [-0.2, 0) is 13.0 Å². The number of hydrogen-bond acceptors (Lipinski definition) is 4. The molecule has 23 heavy (non-hydrogen) atoms. The van der Waals surface area contributed by atoms with E-state index in [1.165, 1.54) is 22.5 Å². The van der Waals surface area contributed by atoms with Gasteiger partial charge in [-0.2, -0.15) is 0 Å². The summed E-state index contributed by atoms with van der Waals surface area (Å²) in [5.74, 6) is 0.472. The Balaban J connectivity index is 1.55. The van der Waals surface area contributed by atoms with Crippen molar-refractivity contribution in [3.05, 3.63) is 63.6 Å². The average Bonchev–Trinajstić information content (AvgIpc) is 3.22. The first kappa shape index (κ1) is 14.5. The van der Waals surface area contributed by atoms with Crippen LogP contribution in [0.4, 0.5) is 0 Å². The minimum Gasteiger partial charge on any atom is -0.355 e. The quantitative estimate of drug-likeness (QED) is 0.698. The first-order valence-corrected chi connectivity index (χ1v) is 8.48. The Hall–Kier alpha value is -2.11. The highest BCUT2D eigenvalue weighted by Gasteiger charge is 2.24. The topological polar surface area (TPSA) is 46.3 Å². The summed E-state index contributed by atoms with van der Waals surface area (Å²) < 4.78 is 5.98. The monoisotopic (exact) mass is 344 g/mol. The Morgan fingerprint density at radius 2 is 2.04 bits per heavy atom.